The number of hydrogen-bond donors (Lipinski definition) is 2. The van der Waals surface area contributed by atoms with E-state index in [0.29, 0.717) is 13.1 Å². The van der Waals surface area contributed by atoms with E-state index >= 15 is 0 Å². The fourth-order valence-corrected chi connectivity index (χ4v) is 1.30. The van der Waals surface area contributed by atoms with Crippen LogP contribution in [0.4, 0.5) is 0 Å². The first kappa shape index (κ1) is 11.7. The summed E-state index contributed by atoms with van der Waals surface area (Å²) in [4.78, 5) is 15.4. The molecule has 5 heteroatoms. The summed E-state index contributed by atoms with van der Waals surface area (Å²) < 4.78 is 1.93. The predicted octanol–water partition coefficient (Wildman–Crippen LogP) is -0.145. The Morgan fingerprint density at radius 3 is 3.00 bits per heavy atom. The molecule has 15 heavy (non-hydrogen) atoms. The molecule has 0 radical (unpaired) electrons. The first-order chi connectivity index (χ1) is 7.24. The first-order valence-corrected chi connectivity index (χ1v) is 5.12. The van der Waals surface area contributed by atoms with Gasteiger partial charge in [0.05, 0.1) is 6.33 Å². The van der Waals surface area contributed by atoms with E-state index in [1.54, 1.807) is 12.5 Å². The minimum atomic E-state index is 0.0118. The Bertz CT molecular complexity index is 284. The Balaban J connectivity index is 2.17. The number of nitrogens with zero attached hydrogens (tertiary/aromatic N) is 2. The molecule has 1 aromatic heterocycles. The summed E-state index contributed by atoms with van der Waals surface area (Å²) in [7, 11) is 1.84. The number of hydrogen-bond acceptors (Lipinski definition) is 3. The SMILES string of the molecule is CNCC(C)C(=O)NCCn1ccnc1. The van der Waals surface area contributed by atoms with Crippen molar-refractivity contribution in [2.45, 2.75) is 13.5 Å². The number of carbonyl (C=O) groups is 1. The summed E-state index contributed by atoms with van der Waals surface area (Å²) in [6, 6.07) is 0. The number of carbonyl (C=O) groups excluding carboxylic acids is 1. The van der Waals surface area contributed by atoms with Crippen LogP contribution in [0.1, 0.15) is 6.92 Å². The topological polar surface area (TPSA) is 59.0 Å². The van der Waals surface area contributed by atoms with Gasteiger partial charge in [-0.15, -0.1) is 0 Å². The number of imidazole rings is 1. The molecular formula is C10H18N4O. The molecule has 1 amide bonds. The second kappa shape index (κ2) is 6.19. The van der Waals surface area contributed by atoms with Crippen molar-refractivity contribution >= 4 is 5.91 Å². The van der Waals surface area contributed by atoms with Crippen molar-refractivity contribution in [2.75, 3.05) is 20.1 Å². The van der Waals surface area contributed by atoms with Gasteiger partial charge < -0.3 is 15.2 Å². The molecule has 84 valence electrons. The van der Waals surface area contributed by atoms with Gasteiger partial charge in [-0.25, -0.2) is 4.98 Å². The normalized spacial score (nSPS) is 12.4. The molecular weight excluding hydrogens is 192 g/mol. The standard InChI is InChI=1S/C10H18N4O/c1-9(7-11-2)10(15)13-4-6-14-5-3-12-8-14/h3,5,8-9,11H,4,6-7H2,1-2H3,(H,13,15). The molecule has 5 nitrogen and oxygen atoms in total. The molecule has 0 aromatic carbocycles. The molecule has 1 heterocycles. The highest BCUT2D eigenvalue weighted by Crippen LogP contribution is 1.91. The Morgan fingerprint density at radius 1 is 1.60 bits per heavy atom. The number of rotatable bonds is 6. The molecule has 0 spiro atoms. The average Bonchev–Trinajstić information content (AvgIpc) is 2.71. The number of amides is 1. The van der Waals surface area contributed by atoms with Crippen molar-refractivity contribution in [1.82, 2.24) is 20.2 Å². The molecule has 0 saturated carbocycles. The van der Waals surface area contributed by atoms with Crippen LogP contribution in [-0.4, -0.2) is 35.6 Å². The molecule has 0 aliphatic rings. The first-order valence-electron chi connectivity index (χ1n) is 5.12. The maximum Gasteiger partial charge on any atom is 0.224 e. The van der Waals surface area contributed by atoms with Crippen LogP contribution < -0.4 is 10.6 Å². The van der Waals surface area contributed by atoms with Gasteiger partial charge in [-0.1, -0.05) is 6.92 Å². The van der Waals surface area contributed by atoms with Crippen LogP contribution in [0, 0.1) is 5.92 Å². The lowest BCUT2D eigenvalue weighted by Crippen LogP contribution is -2.35. The maximum absolute atomic E-state index is 11.5. The van der Waals surface area contributed by atoms with E-state index in [2.05, 4.69) is 15.6 Å². The van der Waals surface area contributed by atoms with Crippen LogP contribution >= 0.6 is 0 Å². The summed E-state index contributed by atoms with van der Waals surface area (Å²) in [5, 5.41) is 5.85. The zero-order valence-corrected chi connectivity index (χ0v) is 9.23. The minimum absolute atomic E-state index is 0.0118. The highest BCUT2D eigenvalue weighted by molar-refractivity contribution is 5.78. The molecule has 0 fully saturated rings. The van der Waals surface area contributed by atoms with Crippen LogP contribution in [0.2, 0.25) is 0 Å². The third-order valence-corrected chi connectivity index (χ3v) is 2.19. The van der Waals surface area contributed by atoms with Crippen molar-refractivity contribution in [1.29, 1.82) is 0 Å². The van der Waals surface area contributed by atoms with Crippen molar-refractivity contribution < 1.29 is 4.79 Å². The number of nitrogens with one attached hydrogen (secondary N) is 2. The lowest BCUT2D eigenvalue weighted by atomic mass is 10.1. The summed E-state index contributed by atoms with van der Waals surface area (Å²) in [5.41, 5.74) is 0. The van der Waals surface area contributed by atoms with Crippen molar-refractivity contribution in [2.24, 2.45) is 5.92 Å². The lowest BCUT2D eigenvalue weighted by molar-refractivity contribution is -0.124. The highest BCUT2D eigenvalue weighted by atomic mass is 16.1. The fraction of sp³-hybridized carbons (Fsp3) is 0.600. The van der Waals surface area contributed by atoms with Crippen LogP contribution in [0.5, 0.6) is 0 Å². The fourth-order valence-electron chi connectivity index (χ4n) is 1.30. The van der Waals surface area contributed by atoms with Gasteiger partial charge in [0.1, 0.15) is 0 Å². The molecule has 0 aliphatic heterocycles. The zero-order valence-electron chi connectivity index (χ0n) is 9.23. The monoisotopic (exact) mass is 210 g/mol. The lowest BCUT2D eigenvalue weighted by Gasteiger charge is -2.11. The third kappa shape index (κ3) is 4.12. The highest BCUT2D eigenvalue weighted by Gasteiger charge is 2.10. The van der Waals surface area contributed by atoms with Crippen LogP contribution in [-0.2, 0) is 11.3 Å². The molecule has 1 unspecified atom stereocenters. The van der Waals surface area contributed by atoms with Gasteiger partial charge in [0.25, 0.3) is 0 Å². The van der Waals surface area contributed by atoms with Gasteiger partial charge in [0.15, 0.2) is 0 Å². The van der Waals surface area contributed by atoms with E-state index in [1.165, 1.54) is 0 Å². The second-order valence-electron chi connectivity index (χ2n) is 3.55. The summed E-state index contributed by atoms with van der Waals surface area (Å²) >= 11 is 0. The average molecular weight is 210 g/mol. The zero-order chi connectivity index (χ0) is 11.1. The van der Waals surface area contributed by atoms with E-state index < -0.39 is 0 Å². The van der Waals surface area contributed by atoms with E-state index in [4.69, 9.17) is 0 Å². The maximum atomic E-state index is 11.5. The van der Waals surface area contributed by atoms with Crippen LogP contribution in [0.15, 0.2) is 18.7 Å². The van der Waals surface area contributed by atoms with Gasteiger partial charge in [-0.05, 0) is 7.05 Å². The summed E-state index contributed by atoms with van der Waals surface area (Å²) in [6.45, 7) is 4.02. The Labute approximate surface area is 89.9 Å². The molecule has 2 N–H and O–H groups in total. The molecule has 0 saturated heterocycles. The smallest absolute Gasteiger partial charge is 0.224 e. The van der Waals surface area contributed by atoms with Crippen LogP contribution in [0.25, 0.3) is 0 Å². The molecule has 1 atom stereocenters. The summed E-state index contributed by atoms with van der Waals surface area (Å²) in [6.07, 6.45) is 5.35. The van der Waals surface area contributed by atoms with Crippen molar-refractivity contribution in [3.63, 3.8) is 0 Å². The largest absolute Gasteiger partial charge is 0.354 e. The van der Waals surface area contributed by atoms with Gasteiger partial charge in [-0.2, -0.15) is 0 Å². The van der Waals surface area contributed by atoms with Gasteiger partial charge in [0, 0.05) is 37.9 Å². The molecule has 1 aromatic rings. The van der Waals surface area contributed by atoms with E-state index in [1.807, 2.05) is 24.7 Å². The van der Waals surface area contributed by atoms with Gasteiger partial charge in [-0.3, -0.25) is 4.79 Å². The summed E-state index contributed by atoms with van der Waals surface area (Å²) in [5.74, 6) is 0.0993. The Hall–Kier alpha value is -1.36. The van der Waals surface area contributed by atoms with E-state index in [-0.39, 0.29) is 11.8 Å². The predicted molar refractivity (Wildman–Crippen MR) is 58.3 cm³/mol. The van der Waals surface area contributed by atoms with Crippen molar-refractivity contribution in [3.8, 4) is 0 Å². The van der Waals surface area contributed by atoms with E-state index in [9.17, 15) is 4.79 Å². The molecule has 0 bridgehead atoms. The van der Waals surface area contributed by atoms with Crippen LogP contribution in [0.3, 0.4) is 0 Å². The van der Waals surface area contributed by atoms with E-state index in [0.717, 1.165) is 6.54 Å². The van der Waals surface area contributed by atoms with Crippen molar-refractivity contribution in [3.05, 3.63) is 18.7 Å². The quantitative estimate of drug-likeness (QED) is 0.687. The Kier molecular flexibility index (Phi) is 4.83. The third-order valence-electron chi connectivity index (χ3n) is 2.19. The number of aromatic nitrogens is 2. The minimum Gasteiger partial charge on any atom is -0.354 e. The van der Waals surface area contributed by atoms with Gasteiger partial charge in [0.2, 0.25) is 5.91 Å². The molecule has 0 aliphatic carbocycles. The van der Waals surface area contributed by atoms with Gasteiger partial charge >= 0.3 is 0 Å². The molecule has 1 rings (SSSR count). The Morgan fingerprint density at radius 2 is 2.40 bits per heavy atom. The second-order valence-corrected chi connectivity index (χ2v) is 3.55.